The molecule has 158 valence electrons. The van der Waals surface area contributed by atoms with Gasteiger partial charge in [-0.1, -0.05) is 62.9 Å². The number of aromatic nitrogens is 3. The standard InChI is InChI=1S/C22H27N5O2S/c1-22(2,3)16-9-11-18(12-10-16)29-15-19-25-26-21(27(19)23)30-14-13-20(28)24-17-7-5-4-6-8-17/h4-12H,13-15,23H2,1-3H3,(H,24,28). The average molecular weight is 426 g/mol. The van der Waals surface area contributed by atoms with Crippen LogP contribution in [-0.2, 0) is 16.8 Å². The third kappa shape index (κ3) is 6.00. The smallest absolute Gasteiger partial charge is 0.225 e. The Morgan fingerprint density at radius 2 is 1.80 bits per heavy atom. The zero-order chi connectivity index (χ0) is 21.6. The zero-order valence-electron chi connectivity index (χ0n) is 17.5. The number of carbonyl (C=O) groups excluding carboxylic acids is 1. The Hall–Kier alpha value is -3.00. The van der Waals surface area contributed by atoms with Crippen LogP contribution in [0, 0.1) is 0 Å². The Bertz CT molecular complexity index is 965. The molecule has 0 radical (unpaired) electrons. The minimum Gasteiger partial charge on any atom is -0.486 e. The predicted octanol–water partition coefficient (Wildman–Crippen LogP) is 3.99. The van der Waals surface area contributed by atoms with Crippen molar-refractivity contribution in [2.75, 3.05) is 16.9 Å². The Morgan fingerprint density at radius 3 is 2.47 bits per heavy atom. The molecule has 1 aromatic heterocycles. The first-order chi connectivity index (χ1) is 14.3. The van der Waals surface area contributed by atoms with Gasteiger partial charge in [-0.2, -0.15) is 0 Å². The molecule has 0 atom stereocenters. The van der Waals surface area contributed by atoms with Gasteiger partial charge >= 0.3 is 0 Å². The van der Waals surface area contributed by atoms with Gasteiger partial charge in [-0.3, -0.25) is 4.79 Å². The molecule has 3 N–H and O–H groups in total. The first kappa shape index (κ1) is 21.7. The fourth-order valence-corrected chi connectivity index (χ4v) is 3.50. The lowest BCUT2D eigenvalue weighted by molar-refractivity contribution is -0.115. The van der Waals surface area contributed by atoms with Crippen LogP contribution in [0.15, 0.2) is 59.8 Å². The van der Waals surface area contributed by atoms with E-state index >= 15 is 0 Å². The highest BCUT2D eigenvalue weighted by molar-refractivity contribution is 7.99. The summed E-state index contributed by atoms with van der Waals surface area (Å²) in [7, 11) is 0. The van der Waals surface area contributed by atoms with Crippen LogP contribution in [0.3, 0.4) is 0 Å². The maximum Gasteiger partial charge on any atom is 0.225 e. The van der Waals surface area contributed by atoms with E-state index in [9.17, 15) is 4.79 Å². The molecule has 1 amide bonds. The van der Waals surface area contributed by atoms with Crippen molar-refractivity contribution < 1.29 is 9.53 Å². The molecule has 30 heavy (non-hydrogen) atoms. The number of thioether (sulfide) groups is 1. The molecule has 3 rings (SSSR count). The second kappa shape index (κ2) is 9.67. The van der Waals surface area contributed by atoms with E-state index in [1.165, 1.54) is 22.0 Å². The molecule has 0 bridgehead atoms. The minimum absolute atomic E-state index is 0.0564. The van der Waals surface area contributed by atoms with E-state index in [-0.39, 0.29) is 17.9 Å². The topological polar surface area (TPSA) is 95.1 Å². The molecule has 7 nitrogen and oxygen atoms in total. The number of nitrogens with zero attached hydrogens (tertiary/aromatic N) is 3. The summed E-state index contributed by atoms with van der Waals surface area (Å²) in [6.45, 7) is 6.73. The van der Waals surface area contributed by atoms with E-state index in [0.29, 0.717) is 23.2 Å². The van der Waals surface area contributed by atoms with E-state index in [1.807, 2.05) is 42.5 Å². The molecule has 0 fully saturated rings. The summed E-state index contributed by atoms with van der Waals surface area (Å²) in [5.41, 5.74) is 2.12. The lowest BCUT2D eigenvalue weighted by atomic mass is 9.87. The molecule has 1 heterocycles. The molecule has 0 spiro atoms. The van der Waals surface area contributed by atoms with Gasteiger partial charge in [0, 0.05) is 17.9 Å². The van der Waals surface area contributed by atoms with Crippen molar-refractivity contribution in [3.63, 3.8) is 0 Å². The summed E-state index contributed by atoms with van der Waals surface area (Å²) in [5, 5.41) is 11.6. The number of rotatable bonds is 8. The SMILES string of the molecule is CC(C)(C)c1ccc(OCc2nnc(SCCC(=O)Nc3ccccc3)n2N)cc1. The highest BCUT2D eigenvalue weighted by Gasteiger charge is 2.14. The molecular weight excluding hydrogens is 398 g/mol. The number of nitrogens with one attached hydrogen (secondary N) is 1. The lowest BCUT2D eigenvalue weighted by Gasteiger charge is -2.19. The second-order valence-electron chi connectivity index (χ2n) is 7.84. The van der Waals surface area contributed by atoms with E-state index in [1.54, 1.807) is 0 Å². The van der Waals surface area contributed by atoms with Crippen molar-refractivity contribution in [1.29, 1.82) is 0 Å². The molecular formula is C22H27N5O2S. The van der Waals surface area contributed by atoms with Gasteiger partial charge < -0.3 is 15.9 Å². The third-order valence-electron chi connectivity index (χ3n) is 4.44. The van der Waals surface area contributed by atoms with Crippen LogP contribution >= 0.6 is 11.8 Å². The highest BCUT2D eigenvalue weighted by atomic mass is 32.2. The van der Waals surface area contributed by atoms with Crippen molar-refractivity contribution in [2.24, 2.45) is 0 Å². The third-order valence-corrected chi connectivity index (χ3v) is 5.39. The largest absolute Gasteiger partial charge is 0.486 e. The second-order valence-corrected chi connectivity index (χ2v) is 8.91. The summed E-state index contributed by atoms with van der Waals surface area (Å²) >= 11 is 1.38. The van der Waals surface area contributed by atoms with Crippen molar-refractivity contribution in [1.82, 2.24) is 14.9 Å². The average Bonchev–Trinajstić information content (AvgIpc) is 3.06. The number of nitrogen functional groups attached to an aromatic ring is 1. The number of carbonyl (C=O) groups is 1. The maximum absolute atomic E-state index is 12.0. The highest BCUT2D eigenvalue weighted by Crippen LogP contribution is 2.24. The predicted molar refractivity (Wildman–Crippen MR) is 120 cm³/mol. The Balaban J connectivity index is 1.46. The number of benzene rings is 2. The van der Waals surface area contributed by atoms with Crippen LogP contribution < -0.4 is 15.9 Å². The molecule has 0 unspecified atom stereocenters. The number of amides is 1. The van der Waals surface area contributed by atoms with Crippen LogP contribution in [0.2, 0.25) is 0 Å². The Labute approximate surface area is 181 Å². The number of nitrogens with two attached hydrogens (primary N) is 1. The van der Waals surface area contributed by atoms with Crippen LogP contribution in [-0.4, -0.2) is 26.5 Å². The normalized spacial score (nSPS) is 11.3. The van der Waals surface area contributed by atoms with Crippen molar-refractivity contribution in [2.45, 2.75) is 44.4 Å². The summed E-state index contributed by atoms with van der Waals surface area (Å²) in [5.74, 6) is 7.84. The summed E-state index contributed by atoms with van der Waals surface area (Å²) in [6, 6.07) is 17.4. The molecule has 0 saturated heterocycles. The summed E-state index contributed by atoms with van der Waals surface area (Å²) < 4.78 is 7.19. The Kier molecular flexibility index (Phi) is 6.99. The van der Waals surface area contributed by atoms with E-state index in [0.717, 1.165) is 11.4 Å². The quantitative estimate of drug-likeness (QED) is 0.419. The molecule has 3 aromatic rings. The maximum atomic E-state index is 12.0. The van der Waals surface area contributed by atoms with Crippen molar-refractivity contribution in [3.8, 4) is 5.75 Å². The number of para-hydroxylation sites is 1. The minimum atomic E-state index is -0.0564. The molecule has 0 aliphatic heterocycles. The fourth-order valence-electron chi connectivity index (χ4n) is 2.68. The van der Waals surface area contributed by atoms with E-state index < -0.39 is 0 Å². The number of hydrogen-bond donors (Lipinski definition) is 2. The molecule has 8 heteroatoms. The number of anilines is 1. The van der Waals surface area contributed by atoms with Gasteiger partial charge in [0.05, 0.1) is 0 Å². The van der Waals surface area contributed by atoms with Gasteiger partial charge in [-0.25, -0.2) is 4.68 Å². The monoisotopic (exact) mass is 425 g/mol. The van der Waals surface area contributed by atoms with Gasteiger partial charge in [0.15, 0.2) is 5.82 Å². The lowest BCUT2D eigenvalue weighted by Crippen LogP contribution is -2.16. The summed E-state index contributed by atoms with van der Waals surface area (Å²) in [4.78, 5) is 12.0. The van der Waals surface area contributed by atoms with E-state index in [2.05, 4.69) is 48.4 Å². The Morgan fingerprint density at radius 1 is 1.10 bits per heavy atom. The van der Waals surface area contributed by atoms with Gasteiger partial charge in [0.25, 0.3) is 0 Å². The van der Waals surface area contributed by atoms with Crippen molar-refractivity contribution in [3.05, 3.63) is 66.0 Å². The van der Waals surface area contributed by atoms with E-state index in [4.69, 9.17) is 10.6 Å². The van der Waals surface area contributed by atoms with Crippen LogP contribution in [0.25, 0.3) is 0 Å². The number of ether oxygens (including phenoxy) is 1. The van der Waals surface area contributed by atoms with Gasteiger partial charge in [0.1, 0.15) is 12.4 Å². The molecule has 0 saturated carbocycles. The van der Waals surface area contributed by atoms with Gasteiger partial charge in [0.2, 0.25) is 11.1 Å². The number of hydrogen-bond acceptors (Lipinski definition) is 6. The first-order valence-corrected chi connectivity index (χ1v) is 10.7. The first-order valence-electron chi connectivity index (χ1n) is 9.73. The molecule has 0 aliphatic rings. The fraction of sp³-hybridized carbons (Fsp3) is 0.318. The molecule has 0 aliphatic carbocycles. The van der Waals surface area contributed by atoms with Crippen LogP contribution in [0.1, 0.15) is 38.6 Å². The molecule has 2 aromatic carbocycles. The van der Waals surface area contributed by atoms with Gasteiger partial charge in [-0.05, 0) is 35.2 Å². The summed E-state index contributed by atoms with van der Waals surface area (Å²) in [6.07, 6.45) is 0.346. The van der Waals surface area contributed by atoms with Crippen LogP contribution in [0.5, 0.6) is 5.75 Å². The van der Waals surface area contributed by atoms with Crippen molar-refractivity contribution >= 4 is 23.4 Å². The van der Waals surface area contributed by atoms with Crippen LogP contribution in [0.4, 0.5) is 5.69 Å². The zero-order valence-corrected chi connectivity index (χ0v) is 18.3. The van der Waals surface area contributed by atoms with Gasteiger partial charge in [-0.15, -0.1) is 10.2 Å².